The van der Waals surface area contributed by atoms with Gasteiger partial charge in [-0.15, -0.1) is 0 Å². The van der Waals surface area contributed by atoms with E-state index in [1.54, 1.807) is 12.1 Å². The third-order valence-electron chi connectivity index (χ3n) is 4.13. The van der Waals surface area contributed by atoms with Gasteiger partial charge < -0.3 is 5.73 Å². The number of aryl methyl sites for hydroxylation is 1. The largest absolute Gasteiger partial charge is 0.399 e. The monoisotopic (exact) mass is 296 g/mol. The van der Waals surface area contributed by atoms with Crippen LogP contribution in [0.15, 0.2) is 23.1 Å². The molecule has 0 atom stereocenters. The Balaban J connectivity index is 2.08. The van der Waals surface area contributed by atoms with Crippen LogP contribution in [-0.2, 0) is 10.0 Å². The minimum atomic E-state index is -3.46. The third-order valence-corrected chi connectivity index (χ3v) is 5.63. The molecule has 0 amide bonds. The normalized spacial score (nSPS) is 23.7. The molecule has 0 aromatic heterocycles. The summed E-state index contributed by atoms with van der Waals surface area (Å²) in [6, 6.07) is 5.01. The first-order valence-corrected chi connectivity index (χ1v) is 8.78. The quantitative estimate of drug-likeness (QED) is 0.839. The van der Waals surface area contributed by atoms with E-state index in [-0.39, 0.29) is 10.9 Å². The number of sulfonamides is 1. The van der Waals surface area contributed by atoms with Crippen molar-refractivity contribution in [3.8, 4) is 0 Å². The second-order valence-corrected chi connectivity index (χ2v) is 7.54. The average molecular weight is 296 g/mol. The number of rotatable bonds is 4. The maximum absolute atomic E-state index is 12.4. The van der Waals surface area contributed by atoms with Crippen LogP contribution in [0.3, 0.4) is 0 Å². The maximum atomic E-state index is 12.4. The van der Waals surface area contributed by atoms with Crippen LogP contribution in [0.2, 0.25) is 0 Å². The summed E-state index contributed by atoms with van der Waals surface area (Å²) in [6.07, 6.45) is 5.27. The highest BCUT2D eigenvalue weighted by Gasteiger charge is 2.25. The van der Waals surface area contributed by atoms with Crippen LogP contribution in [0.25, 0.3) is 0 Å². The third kappa shape index (κ3) is 3.73. The Morgan fingerprint density at radius 1 is 1.20 bits per heavy atom. The van der Waals surface area contributed by atoms with Gasteiger partial charge in [-0.05, 0) is 62.3 Å². The zero-order valence-corrected chi connectivity index (χ0v) is 13.0. The fourth-order valence-corrected chi connectivity index (χ4v) is 4.35. The van der Waals surface area contributed by atoms with Crippen molar-refractivity contribution in [2.75, 3.05) is 5.73 Å². The molecule has 112 valence electrons. The number of anilines is 1. The van der Waals surface area contributed by atoms with Gasteiger partial charge in [0.05, 0.1) is 4.90 Å². The van der Waals surface area contributed by atoms with Crippen LogP contribution in [0.5, 0.6) is 0 Å². The molecule has 20 heavy (non-hydrogen) atoms. The summed E-state index contributed by atoms with van der Waals surface area (Å²) in [5.74, 6) is 0.755. The Labute approximate surface area is 121 Å². The zero-order chi connectivity index (χ0) is 14.8. The van der Waals surface area contributed by atoms with Gasteiger partial charge in [0.2, 0.25) is 10.0 Å². The molecule has 0 spiro atoms. The van der Waals surface area contributed by atoms with Gasteiger partial charge in [0.1, 0.15) is 0 Å². The molecule has 1 saturated carbocycles. The van der Waals surface area contributed by atoms with Crippen LogP contribution in [0.1, 0.15) is 44.6 Å². The van der Waals surface area contributed by atoms with Crippen molar-refractivity contribution < 1.29 is 8.42 Å². The molecule has 1 aromatic rings. The number of benzene rings is 1. The Morgan fingerprint density at radius 2 is 1.85 bits per heavy atom. The van der Waals surface area contributed by atoms with Crippen LogP contribution in [0, 0.1) is 12.8 Å². The molecule has 3 N–H and O–H groups in total. The Kier molecular flexibility index (Phi) is 4.70. The molecule has 4 nitrogen and oxygen atoms in total. The minimum absolute atomic E-state index is 0.0598. The van der Waals surface area contributed by atoms with Gasteiger partial charge in [0, 0.05) is 11.7 Å². The van der Waals surface area contributed by atoms with E-state index < -0.39 is 10.0 Å². The van der Waals surface area contributed by atoms with Crippen LogP contribution >= 0.6 is 0 Å². The first-order chi connectivity index (χ1) is 9.40. The lowest BCUT2D eigenvalue weighted by molar-refractivity contribution is 0.306. The molecule has 1 aliphatic carbocycles. The van der Waals surface area contributed by atoms with Gasteiger partial charge in [0.15, 0.2) is 0 Å². The topological polar surface area (TPSA) is 72.2 Å². The van der Waals surface area contributed by atoms with E-state index in [0.29, 0.717) is 5.69 Å². The second kappa shape index (κ2) is 6.14. The lowest BCUT2D eigenvalue weighted by Crippen LogP contribution is -2.37. The molecule has 0 unspecified atom stereocenters. The van der Waals surface area contributed by atoms with Crippen LogP contribution in [0.4, 0.5) is 5.69 Å². The molecule has 0 radical (unpaired) electrons. The standard InChI is InChI=1S/C15H24N2O2S/c1-3-12-4-6-14(7-5-12)17-20(18,19)15-9-11(2)8-13(16)10-15/h8-10,12,14,17H,3-7,16H2,1-2H3. The van der Waals surface area contributed by atoms with E-state index in [9.17, 15) is 8.42 Å². The van der Waals surface area contributed by atoms with E-state index in [2.05, 4.69) is 11.6 Å². The van der Waals surface area contributed by atoms with Crippen molar-refractivity contribution in [3.05, 3.63) is 23.8 Å². The lowest BCUT2D eigenvalue weighted by atomic mass is 9.85. The first kappa shape index (κ1) is 15.3. The van der Waals surface area contributed by atoms with Gasteiger partial charge in [-0.3, -0.25) is 0 Å². The number of nitrogen functional groups attached to an aromatic ring is 1. The SMILES string of the molecule is CCC1CCC(NS(=O)(=O)c2cc(C)cc(N)c2)CC1. The Hall–Kier alpha value is -1.07. The number of hydrogen-bond acceptors (Lipinski definition) is 3. The zero-order valence-electron chi connectivity index (χ0n) is 12.2. The van der Waals surface area contributed by atoms with Gasteiger partial charge in [-0.1, -0.05) is 13.3 Å². The summed E-state index contributed by atoms with van der Waals surface area (Å²) in [6.45, 7) is 4.05. The molecule has 1 aliphatic rings. The number of hydrogen-bond donors (Lipinski definition) is 2. The molecule has 0 saturated heterocycles. The van der Waals surface area contributed by atoms with Crippen molar-refractivity contribution in [1.82, 2.24) is 4.72 Å². The van der Waals surface area contributed by atoms with Crippen molar-refractivity contribution in [2.45, 2.75) is 56.9 Å². The number of nitrogens with one attached hydrogen (secondary N) is 1. The first-order valence-electron chi connectivity index (χ1n) is 7.30. The summed E-state index contributed by atoms with van der Waals surface area (Å²) in [4.78, 5) is 0.271. The van der Waals surface area contributed by atoms with Crippen molar-refractivity contribution in [1.29, 1.82) is 0 Å². The summed E-state index contributed by atoms with van der Waals surface area (Å²) >= 11 is 0. The summed E-state index contributed by atoms with van der Waals surface area (Å²) in [5.41, 5.74) is 7.08. The Bertz CT molecular complexity index is 541. The Morgan fingerprint density at radius 3 is 2.40 bits per heavy atom. The van der Waals surface area contributed by atoms with E-state index >= 15 is 0 Å². The van der Waals surface area contributed by atoms with Crippen molar-refractivity contribution in [3.63, 3.8) is 0 Å². The van der Waals surface area contributed by atoms with E-state index in [1.807, 2.05) is 6.92 Å². The fourth-order valence-electron chi connectivity index (χ4n) is 2.91. The summed E-state index contributed by atoms with van der Waals surface area (Å²) < 4.78 is 27.6. The molecule has 5 heteroatoms. The predicted octanol–water partition coefficient (Wildman–Crippen LogP) is 2.82. The van der Waals surface area contributed by atoms with Gasteiger partial charge in [-0.2, -0.15) is 0 Å². The molecule has 0 bridgehead atoms. The molecular formula is C15H24N2O2S. The predicted molar refractivity (Wildman–Crippen MR) is 81.9 cm³/mol. The van der Waals surface area contributed by atoms with Crippen LogP contribution < -0.4 is 10.5 Å². The van der Waals surface area contributed by atoms with Gasteiger partial charge >= 0.3 is 0 Å². The smallest absolute Gasteiger partial charge is 0.240 e. The summed E-state index contributed by atoms with van der Waals surface area (Å²) in [5, 5.41) is 0. The highest BCUT2D eigenvalue weighted by atomic mass is 32.2. The average Bonchev–Trinajstić information content (AvgIpc) is 2.38. The molecule has 0 aliphatic heterocycles. The highest BCUT2D eigenvalue weighted by Crippen LogP contribution is 2.27. The van der Waals surface area contributed by atoms with E-state index in [4.69, 9.17) is 5.73 Å². The van der Waals surface area contributed by atoms with Crippen molar-refractivity contribution in [2.24, 2.45) is 5.92 Å². The highest BCUT2D eigenvalue weighted by molar-refractivity contribution is 7.89. The van der Waals surface area contributed by atoms with Crippen molar-refractivity contribution >= 4 is 15.7 Å². The number of nitrogens with two attached hydrogens (primary N) is 1. The maximum Gasteiger partial charge on any atom is 0.240 e. The molecule has 0 heterocycles. The molecule has 1 fully saturated rings. The summed E-state index contributed by atoms with van der Waals surface area (Å²) in [7, 11) is -3.46. The van der Waals surface area contributed by atoms with E-state index in [0.717, 1.165) is 37.2 Å². The van der Waals surface area contributed by atoms with E-state index in [1.165, 1.54) is 12.5 Å². The minimum Gasteiger partial charge on any atom is -0.399 e. The van der Waals surface area contributed by atoms with Gasteiger partial charge in [0.25, 0.3) is 0 Å². The van der Waals surface area contributed by atoms with Gasteiger partial charge in [-0.25, -0.2) is 13.1 Å². The molecule has 2 rings (SSSR count). The fraction of sp³-hybridized carbons (Fsp3) is 0.600. The lowest BCUT2D eigenvalue weighted by Gasteiger charge is -2.28. The van der Waals surface area contributed by atoms with Crippen LogP contribution in [-0.4, -0.2) is 14.5 Å². The second-order valence-electron chi connectivity index (χ2n) is 5.83. The molecule has 1 aromatic carbocycles. The molecular weight excluding hydrogens is 272 g/mol.